The maximum absolute atomic E-state index is 13.7. The van der Waals surface area contributed by atoms with Crippen molar-refractivity contribution in [3.8, 4) is 0 Å². The molecule has 4 nitrogen and oxygen atoms in total. The first kappa shape index (κ1) is 26.2. The van der Waals surface area contributed by atoms with Crippen LogP contribution in [0.3, 0.4) is 0 Å². The number of rotatable bonds is 15. The van der Waals surface area contributed by atoms with Crippen molar-refractivity contribution < 1.29 is 9.59 Å². The first-order valence-electron chi connectivity index (χ1n) is 12.1. The van der Waals surface area contributed by atoms with E-state index < -0.39 is 5.54 Å². The summed E-state index contributed by atoms with van der Waals surface area (Å²) in [7, 11) is 0. The van der Waals surface area contributed by atoms with E-state index >= 15 is 0 Å². The minimum atomic E-state index is -0.782. The van der Waals surface area contributed by atoms with Crippen molar-refractivity contribution in [1.82, 2.24) is 10.2 Å². The fourth-order valence-electron chi connectivity index (χ4n) is 3.94. The summed E-state index contributed by atoms with van der Waals surface area (Å²) in [5, 5.41) is 3.19. The molecule has 0 fully saturated rings. The second kappa shape index (κ2) is 14.2. The normalized spacial score (nSPS) is 13.1. The molecule has 0 aliphatic carbocycles. The van der Waals surface area contributed by atoms with Crippen molar-refractivity contribution >= 4 is 11.8 Å². The molecule has 2 amide bonds. The van der Waals surface area contributed by atoms with Crippen molar-refractivity contribution in [2.45, 2.75) is 104 Å². The number of carbonyl (C=O) groups is 2. The minimum absolute atomic E-state index is 0.0328. The van der Waals surface area contributed by atoms with Gasteiger partial charge < -0.3 is 10.2 Å². The van der Waals surface area contributed by atoms with E-state index in [9.17, 15) is 9.59 Å². The number of nitrogens with one attached hydrogen (secondary N) is 1. The molecule has 1 N–H and O–H groups in total. The predicted molar refractivity (Wildman–Crippen MR) is 126 cm³/mol. The Morgan fingerprint density at radius 1 is 0.900 bits per heavy atom. The highest BCUT2D eigenvalue weighted by Crippen LogP contribution is 2.33. The number of nitrogens with zero attached hydrogens (tertiary/aromatic N) is 1. The lowest BCUT2D eigenvalue weighted by Gasteiger charge is -2.44. The zero-order chi connectivity index (χ0) is 22.4. The molecule has 0 radical (unpaired) electrons. The van der Waals surface area contributed by atoms with Gasteiger partial charge in [-0.3, -0.25) is 9.59 Å². The maximum atomic E-state index is 13.7. The molecule has 0 saturated carbocycles. The molecule has 4 heteroatoms. The molecular weight excluding hydrogens is 372 g/mol. The van der Waals surface area contributed by atoms with Crippen LogP contribution in [0, 0.1) is 5.92 Å². The van der Waals surface area contributed by atoms with Gasteiger partial charge in [-0.1, -0.05) is 103 Å². The second-order valence-corrected chi connectivity index (χ2v) is 8.77. The lowest BCUT2D eigenvalue weighted by atomic mass is 9.82. The summed E-state index contributed by atoms with van der Waals surface area (Å²) in [5.74, 6) is -0.0492. The number of unbranched alkanes of at least 4 members (excludes halogenated alkanes) is 4. The average Bonchev–Trinajstić information content (AvgIpc) is 2.75. The van der Waals surface area contributed by atoms with Crippen molar-refractivity contribution in [3.05, 3.63) is 35.9 Å². The molecule has 0 aliphatic heterocycles. The fraction of sp³-hybridized carbons (Fsp3) is 0.692. The summed E-state index contributed by atoms with van der Waals surface area (Å²) in [6.45, 7) is 11.5. The van der Waals surface area contributed by atoms with E-state index in [0.717, 1.165) is 63.4 Å². The minimum Gasteiger partial charge on any atom is -0.354 e. The van der Waals surface area contributed by atoms with Gasteiger partial charge in [-0.15, -0.1) is 0 Å². The zero-order valence-electron chi connectivity index (χ0n) is 20.0. The number of carbonyl (C=O) groups excluding carboxylic acids is 2. The smallest absolute Gasteiger partial charge is 0.245 e. The number of hydrogen-bond acceptors (Lipinski definition) is 2. The van der Waals surface area contributed by atoms with E-state index in [1.165, 1.54) is 0 Å². The first-order chi connectivity index (χ1) is 14.4. The zero-order valence-corrected chi connectivity index (χ0v) is 20.0. The Hall–Kier alpha value is -1.84. The number of amides is 2. The molecule has 1 unspecified atom stereocenters. The van der Waals surface area contributed by atoms with Gasteiger partial charge >= 0.3 is 0 Å². The van der Waals surface area contributed by atoms with Gasteiger partial charge in [0.05, 0.1) is 0 Å². The molecule has 0 bridgehead atoms. The van der Waals surface area contributed by atoms with Crippen LogP contribution < -0.4 is 5.32 Å². The van der Waals surface area contributed by atoms with E-state index in [-0.39, 0.29) is 17.7 Å². The average molecular weight is 417 g/mol. The van der Waals surface area contributed by atoms with Crippen LogP contribution in [0.4, 0.5) is 0 Å². The third-order valence-corrected chi connectivity index (χ3v) is 5.84. The molecule has 0 spiro atoms. The van der Waals surface area contributed by atoms with Gasteiger partial charge in [0.15, 0.2) is 0 Å². The topological polar surface area (TPSA) is 49.4 Å². The Balaban J connectivity index is 3.40. The summed E-state index contributed by atoms with van der Waals surface area (Å²) in [6.07, 6.45) is 8.51. The van der Waals surface area contributed by atoms with Crippen LogP contribution in [0.1, 0.15) is 98.0 Å². The van der Waals surface area contributed by atoms with Crippen LogP contribution in [0.2, 0.25) is 0 Å². The van der Waals surface area contributed by atoms with Gasteiger partial charge in [0.25, 0.3) is 0 Å². The molecule has 0 heterocycles. The van der Waals surface area contributed by atoms with Crippen LogP contribution in [0.5, 0.6) is 0 Å². The maximum Gasteiger partial charge on any atom is 0.245 e. The lowest BCUT2D eigenvalue weighted by molar-refractivity contribution is -0.152. The molecule has 170 valence electrons. The van der Waals surface area contributed by atoms with Gasteiger partial charge in [0.2, 0.25) is 11.8 Å². The molecule has 0 aliphatic rings. The van der Waals surface area contributed by atoms with Crippen LogP contribution in [-0.4, -0.2) is 28.8 Å². The molecule has 30 heavy (non-hydrogen) atoms. The molecule has 0 saturated heterocycles. The number of benzene rings is 1. The van der Waals surface area contributed by atoms with E-state index in [2.05, 4.69) is 26.1 Å². The van der Waals surface area contributed by atoms with Crippen LogP contribution in [0.25, 0.3) is 0 Å². The third-order valence-electron chi connectivity index (χ3n) is 5.84. The molecule has 0 aromatic heterocycles. The van der Waals surface area contributed by atoms with E-state index in [1.54, 1.807) is 0 Å². The van der Waals surface area contributed by atoms with Crippen molar-refractivity contribution in [2.75, 3.05) is 6.54 Å². The van der Waals surface area contributed by atoms with Gasteiger partial charge in [-0.25, -0.2) is 0 Å². The largest absolute Gasteiger partial charge is 0.354 e. The van der Waals surface area contributed by atoms with E-state index in [4.69, 9.17) is 0 Å². The van der Waals surface area contributed by atoms with Crippen LogP contribution in [0.15, 0.2) is 30.3 Å². The molecule has 1 aromatic carbocycles. The monoisotopic (exact) mass is 416 g/mol. The highest BCUT2D eigenvalue weighted by molar-refractivity contribution is 5.92. The summed E-state index contributed by atoms with van der Waals surface area (Å²) < 4.78 is 0. The highest BCUT2D eigenvalue weighted by atomic mass is 16.2. The molecular formula is C26H44N2O2. The van der Waals surface area contributed by atoms with Gasteiger partial charge in [-0.2, -0.15) is 0 Å². The van der Waals surface area contributed by atoms with Crippen LogP contribution in [-0.2, 0) is 16.1 Å². The standard InChI is InChI=1S/C26H44N2O2/c1-6-9-15-19-26(18-10-7-2,25(30)27-20-11-8-3)28(24(29)22(4)5)21-23-16-13-12-14-17-23/h12-14,16-17,22H,6-11,15,18-21H2,1-5H3,(H,27,30). The Bertz CT molecular complexity index is 615. The van der Waals surface area contributed by atoms with Gasteiger partial charge in [0, 0.05) is 19.0 Å². The van der Waals surface area contributed by atoms with Crippen molar-refractivity contribution in [3.63, 3.8) is 0 Å². The Morgan fingerprint density at radius 2 is 1.50 bits per heavy atom. The summed E-state index contributed by atoms with van der Waals surface area (Å²) in [5.41, 5.74) is 0.292. The summed E-state index contributed by atoms with van der Waals surface area (Å²) in [4.78, 5) is 29.1. The van der Waals surface area contributed by atoms with Crippen LogP contribution >= 0.6 is 0 Å². The lowest BCUT2D eigenvalue weighted by Crippen LogP contribution is -2.61. The van der Waals surface area contributed by atoms with Crippen molar-refractivity contribution in [1.29, 1.82) is 0 Å². The highest BCUT2D eigenvalue weighted by Gasteiger charge is 2.45. The van der Waals surface area contributed by atoms with Gasteiger partial charge in [0.1, 0.15) is 5.54 Å². The second-order valence-electron chi connectivity index (χ2n) is 8.77. The summed E-state index contributed by atoms with van der Waals surface area (Å²) in [6, 6.07) is 10.1. The van der Waals surface area contributed by atoms with Gasteiger partial charge in [-0.05, 0) is 24.8 Å². The Kier molecular flexibility index (Phi) is 12.4. The summed E-state index contributed by atoms with van der Waals surface area (Å²) >= 11 is 0. The quantitative estimate of drug-likeness (QED) is 0.351. The predicted octanol–water partition coefficient (Wildman–Crippen LogP) is 6.10. The molecule has 1 atom stereocenters. The van der Waals surface area contributed by atoms with E-state index in [1.807, 2.05) is 49.1 Å². The fourth-order valence-corrected chi connectivity index (χ4v) is 3.94. The molecule has 1 rings (SSSR count). The number of hydrogen-bond donors (Lipinski definition) is 1. The van der Waals surface area contributed by atoms with E-state index in [0.29, 0.717) is 13.1 Å². The van der Waals surface area contributed by atoms with Crippen molar-refractivity contribution in [2.24, 2.45) is 5.92 Å². The Morgan fingerprint density at radius 3 is 2.07 bits per heavy atom. The SMILES string of the molecule is CCCCCC(CCCC)(C(=O)NCCCC)N(Cc1ccccc1)C(=O)C(C)C. The molecule has 1 aromatic rings. The Labute approximate surface area is 184 Å². The third kappa shape index (κ3) is 7.77. The first-order valence-corrected chi connectivity index (χ1v) is 12.1.